The Hall–Kier alpha value is -1.92. The summed E-state index contributed by atoms with van der Waals surface area (Å²) in [7, 11) is 0. The van der Waals surface area contributed by atoms with Gasteiger partial charge in [0, 0.05) is 30.7 Å². The SMILES string of the molecule is CCN(CC)c1ncc(CN[C@H](Cc2ccccc2)C(=O)O)s1. The highest BCUT2D eigenvalue weighted by atomic mass is 32.1. The van der Waals surface area contributed by atoms with Crippen molar-refractivity contribution >= 4 is 22.4 Å². The van der Waals surface area contributed by atoms with Crippen LogP contribution in [0.5, 0.6) is 0 Å². The molecule has 0 amide bonds. The van der Waals surface area contributed by atoms with Crippen molar-refractivity contribution in [3.8, 4) is 0 Å². The maximum absolute atomic E-state index is 11.4. The van der Waals surface area contributed by atoms with Crippen LogP contribution in [0.15, 0.2) is 36.5 Å². The van der Waals surface area contributed by atoms with Crippen LogP contribution in [0.1, 0.15) is 24.3 Å². The van der Waals surface area contributed by atoms with Gasteiger partial charge in [0.1, 0.15) is 6.04 Å². The van der Waals surface area contributed by atoms with Gasteiger partial charge in [0.2, 0.25) is 0 Å². The Labute approximate surface area is 141 Å². The average molecular weight is 333 g/mol. The molecule has 0 radical (unpaired) electrons. The number of hydrogen-bond acceptors (Lipinski definition) is 5. The quantitative estimate of drug-likeness (QED) is 0.739. The van der Waals surface area contributed by atoms with Gasteiger partial charge in [0.05, 0.1) is 0 Å². The fraction of sp³-hybridized carbons (Fsp3) is 0.412. The summed E-state index contributed by atoms with van der Waals surface area (Å²) in [5.74, 6) is -0.831. The van der Waals surface area contributed by atoms with Crippen molar-refractivity contribution in [3.63, 3.8) is 0 Å². The molecule has 0 bridgehead atoms. The van der Waals surface area contributed by atoms with E-state index < -0.39 is 12.0 Å². The van der Waals surface area contributed by atoms with E-state index in [9.17, 15) is 9.90 Å². The van der Waals surface area contributed by atoms with Crippen LogP contribution in [0.2, 0.25) is 0 Å². The number of anilines is 1. The van der Waals surface area contributed by atoms with E-state index in [4.69, 9.17) is 0 Å². The van der Waals surface area contributed by atoms with E-state index in [-0.39, 0.29) is 0 Å². The van der Waals surface area contributed by atoms with E-state index in [0.29, 0.717) is 13.0 Å². The number of aromatic nitrogens is 1. The molecule has 124 valence electrons. The number of thiazole rings is 1. The van der Waals surface area contributed by atoms with Crippen molar-refractivity contribution in [1.29, 1.82) is 0 Å². The number of nitrogens with one attached hydrogen (secondary N) is 1. The first-order valence-corrected chi connectivity index (χ1v) is 8.65. The standard InChI is InChI=1S/C17H23N3O2S/c1-3-20(4-2)17-19-12-14(23-17)11-18-15(16(21)22)10-13-8-6-5-7-9-13/h5-9,12,15,18H,3-4,10-11H2,1-2H3,(H,21,22)/t15-/m1/s1. The average Bonchev–Trinajstić information content (AvgIpc) is 3.02. The molecule has 0 aliphatic rings. The summed E-state index contributed by atoms with van der Waals surface area (Å²) in [4.78, 5) is 19.1. The smallest absolute Gasteiger partial charge is 0.321 e. The monoisotopic (exact) mass is 333 g/mol. The molecule has 1 aromatic carbocycles. The Bertz CT molecular complexity index is 611. The Kier molecular flexibility index (Phi) is 6.55. The summed E-state index contributed by atoms with van der Waals surface area (Å²) < 4.78 is 0. The van der Waals surface area contributed by atoms with Gasteiger partial charge in [0.25, 0.3) is 0 Å². The molecular formula is C17H23N3O2S. The molecule has 0 saturated heterocycles. The number of nitrogens with zero attached hydrogens (tertiary/aromatic N) is 2. The maximum Gasteiger partial charge on any atom is 0.321 e. The maximum atomic E-state index is 11.4. The summed E-state index contributed by atoms with van der Waals surface area (Å²) in [6, 6.07) is 9.07. The topological polar surface area (TPSA) is 65.5 Å². The number of hydrogen-bond donors (Lipinski definition) is 2. The molecule has 0 aliphatic heterocycles. The first-order chi connectivity index (χ1) is 11.1. The van der Waals surface area contributed by atoms with Gasteiger partial charge in [-0.2, -0.15) is 0 Å². The van der Waals surface area contributed by atoms with Crippen molar-refractivity contribution in [2.24, 2.45) is 0 Å². The van der Waals surface area contributed by atoms with Gasteiger partial charge in [-0.05, 0) is 25.8 Å². The Morgan fingerprint density at radius 3 is 2.61 bits per heavy atom. The summed E-state index contributed by atoms with van der Waals surface area (Å²) in [6.07, 6.45) is 2.30. The number of carboxylic acids is 1. The number of carbonyl (C=O) groups is 1. The molecule has 2 aromatic rings. The van der Waals surface area contributed by atoms with Crippen LogP contribution in [-0.2, 0) is 17.8 Å². The van der Waals surface area contributed by atoms with E-state index in [1.807, 2.05) is 36.5 Å². The number of aliphatic carboxylic acids is 1. The fourth-order valence-electron chi connectivity index (χ4n) is 2.34. The third kappa shape index (κ3) is 5.04. The van der Waals surface area contributed by atoms with E-state index in [2.05, 4.69) is 29.0 Å². The molecule has 6 heteroatoms. The number of carboxylic acid groups (broad SMARTS) is 1. The van der Waals surface area contributed by atoms with E-state index in [0.717, 1.165) is 28.7 Å². The lowest BCUT2D eigenvalue weighted by Gasteiger charge is -2.16. The molecule has 0 saturated carbocycles. The third-order valence-corrected chi connectivity index (χ3v) is 4.74. The minimum Gasteiger partial charge on any atom is -0.480 e. The normalized spacial score (nSPS) is 12.1. The zero-order valence-electron chi connectivity index (χ0n) is 13.5. The third-order valence-electron chi connectivity index (χ3n) is 3.68. The Morgan fingerprint density at radius 1 is 1.30 bits per heavy atom. The molecule has 5 nitrogen and oxygen atoms in total. The first kappa shape index (κ1) is 17.4. The van der Waals surface area contributed by atoms with Crippen molar-refractivity contribution < 1.29 is 9.90 Å². The molecule has 0 spiro atoms. The van der Waals surface area contributed by atoms with Gasteiger partial charge >= 0.3 is 5.97 Å². The van der Waals surface area contributed by atoms with E-state index in [1.165, 1.54) is 0 Å². The lowest BCUT2D eigenvalue weighted by Crippen LogP contribution is -2.37. The van der Waals surface area contributed by atoms with Crippen LogP contribution < -0.4 is 10.2 Å². The highest BCUT2D eigenvalue weighted by Crippen LogP contribution is 2.22. The molecule has 0 fully saturated rings. The van der Waals surface area contributed by atoms with Gasteiger partial charge < -0.3 is 10.0 Å². The number of benzene rings is 1. The largest absolute Gasteiger partial charge is 0.480 e. The van der Waals surface area contributed by atoms with Gasteiger partial charge in [-0.3, -0.25) is 10.1 Å². The molecule has 0 aliphatic carbocycles. The molecule has 1 heterocycles. The summed E-state index contributed by atoms with van der Waals surface area (Å²) in [5, 5.41) is 13.5. The minimum atomic E-state index is -0.831. The van der Waals surface area contributed by atoms with Gasteiger partial charge in [-0.25, -0.2) is 4.98 Å². The van der Waals surface area contributed by atoms with Crippen molar-refractivity contribution in [3.05, 3.63) is 47.0 Å². The minimum absolute atomic E-state index is 0.470. The molecule has 2 rings (SSSR count). The molecular weight excluding hydrogens is 310 g/mol. The van der Waals surface area contributed by atoms with Crippen molar-refractivity contribution in [2.45, 2.75) is 32.9 Å². The Morgan fingerprint density at radius 2 is 2.00 bits per heavy atom. The predicted octanol–water partition coefficient (Wildman–Crippen LogP) is 2.77. The molecule has 0 unspecified atom stereocenters. The second-order valence-electron chi connectivity index (χ2n) is 5.24. The summed E-state index contributed by atoms with van der Waals surface area (Å²) in [6.45, 7) is 6.56. The second kappa shape index (κ2) is 8.64. The Balaban J connectivity index is 1.95. The van der Waals surface area contributed by atoms with Gasteiger partial charge in [-0.15, -0.1) is 11.3 Å². The first-order valence-electron chi connectivity index (χ1n) is 7.83. The van der Waals surface area contributed by atoms with Gasteiger partial charge in [-0.1, -0.05) is 30.3 Å². The van der Waals surface area contributed by atoms with Crippen LogP contribution >= 0.6 is 11.3 Å². The zero-order chi connectivity index (χ0) is 16.7. The van der Waals surface area contributed by atoms with Crippen LogP contribution in [0.25, 0.3) is 0 Å². The van der Waals surface area contributed by atoms with Crippen LogP contribution in [0.3, 0.4) is 0 Å². The number of rotatable bonds is 9. The van der Waals surface area contributed by atoms with Crippen molar-refractivity contribution in [2.75, 3.05) is 18.0 Å². The van der Waals surface area contributed by atoms with E-state index in [1.54, 1.807) is 11.3 Å². The van der Waals surface area contributed by atoms with Crippen molar-refractivity contribution in [1.82, 2.24) is 10.3 Å². The highest BCUT2D eigenvalue weighted by molar-refractivity contribution is 7.15. The molecule has 23 heavy (non-hydrogen) atoms. The zero-order valence-corrected chi connectivity index (χ0v) is 14.3. The molecule has 1 aromatic heterocycles. The second-order valence-corrected chi connectivity index (χ2v) is 6.34. The van der Waals surface area contributed by atoms with Gasteiger partial charge in [0.15, 0.2) is 5.13 Å². The lowest BCUT2D eigenvalue weighted by atomic mass is 10.1. The van der Waals surface area contributed by atoms with Crippen LogP contribution in [-0.4, -0.2) is 35.2 Å². The van der Waals surface area contributed by atoms with Crippen LogP contribution in [0, 0.1) is 0 Å². The lowest BCUT2D eigenvalue weighted by molar-refractivity contribution is -0.139. The van der Waals surface area contributed by atoms with Crippen LogP contribution in [0.4, 0.5) is 5.13 Å². The molecule has 1 atom stereocenters. The predicted molar refractivity (Wildman–Crippen MR) is 94.1 cm³/mol. The highest BCUT2D eigenvalue weighted by Gasteiger charge is 2.18. The van der Waals surface area contributed by atoms with E-state index >= 15 is 0 Å². The molecule has 2 N–H and O–H groups in total. The fourth-order valence-corrected chi connectivity index (χ4v) is 3.33. The summed E-state index contributed by atoms with van der Waals surface area (Å²) in [5.41, 5.74) is 1.01. The summed E-state index contributed by atoms with van der Waals surface area (Å²) >= 11 is 1.61.